The first kappa shape index (κ1) is 10.0. The van der Waals surface area contributed by atoms with Crippen LogP contribution in [0.5, 0.6) is 0 Å². The minimum atomic E-state index is -3.06. The van der Waals surface area contributed by atoms with Gasteiger partial charge in [-0.1, -0.05) is 6.07 Å². The summed E-state index contributed by atoms with van der Waals surface area (Å²) in [4.78, 5) is 10.6. The molecule has 0 fully saturated rings. The van der Waals surface area contributed by atoms with Gasteiger partial charge < -0.3 is 10.2 Å². The molecule has 0 bridgehead atoms. The maximum absolute atomic E-state index is 13.2. The van der Waals surface area contributed by atoms with Crippen LogP contribution in [-0.4, -0.2) is 16.2 Å². The van der Waals surface area contributed by atoms with Crippen LogP contribution in [0.2, 0.25) is 0 Å². The third-order valence-corrected chi connectivity index (χ3v) is 2.50. The van der Waals surface area contributed by atoms with Gasteiger partial charge in [0.1, 0.15) is 0 Å². The van der Waals surface area contributed by atoms with Gasteiger partial charge in [-0.15, -0.1) is 0 Å². The highest BCUT2D eigenvalue weighted by Gasteiger charge is 2.44. The minimum absolute atomic E-state index is 0.0138. The number of hydrogen-bond donors (Lipinski definition) is 2. The molecule has 1 unspecified atom stereocenters. The lowest BCUT2D eigenvalue weighted by Gasteiger charge is -2.08. The van der Waals surface area contributed by atoms with Crippen molar-refractivity contribution in [3.05, 3.63) is 34.9 Å². The number of aromatic carboxylic acids is 1. The molecule has 0 saturated heterocycles. The van der Waals surface area contributed by atoms with E-state index in [4.69, 9.17) is 5.11 Å². The van der Waals surface area contributed by atoms with E-state index >= 15 is 0 Å². The molecule has 1 atom stereocenters. The van der Waals surface area contributed by atoms with Gasteiger partial charge in [0.05, 0.1) is 11.7 Å². The smallest absolute Gasteiger partial charge is 0.335 e. The average Bonchev–Trinajstić information content (AvgIpc) is 2.37. The van der Waals surface area contributed by atoms with Gasteiger partial charge in [-0.25, -0.2) is 13.6 Å². The summed E-state index contributed by atoms with van der Waals surface area (Å²) in [6.45, 7) is 0. The Morgan fingerprint density at radius 1 is 1.47 bits per heavy atom. The zero-order chi connectivity index (χ0) is 11.2. The van der Waals surface area contributed by atoms with Crippen molar-refractivity contribution in [1.82, 2.24) is 0 Å². The molecule has 0 amide bonds. The Kier molecular flexibility index (Phi) is 2.01. The number of hydrogen-bond acceptors (Lipinski definition) is 2. The van der Waals surface area contributed by atoms with Gasteiger partial charge in [0.25, 0.3) is 5.92 Å². The number of halogens is 2. The van der Waals surface area contributed by atoms with Crippen LogP contribution in [0, 0.1) is 0 Å². The molecule has 0 heterocycles. The molecule has 1 aromatic carbocycles. The lowest BCUT2D eigenvalue weighted by molar-refractivity contribution is -0.0294. The lowest BCUT2D eigenvalue weighted by atomic mass is 10.0. The van der Waals surface area contributed by atoms with Gasteiger partial charge in [-0.3, -0.25) is 0 Å². The topological polar surface area (TPSA) is 57.5 Å². The first-order chi connectivity index (χ1) is 6.92. The van der Waals surface area contributed by atoms with E-state index in [1.54, 1.807) is 0 Å². The lowest BCUT2D eigenvalue weighted by Crippen LogP contribution is -2.08. The van der Waals surface area contributed by atoms with Gasteiger partial charge in [0.15, 0.2) is 0 Å². The highest BCUT2D eigenvalue weighted by molar-refractivity contribution is 5.88. The van der Waals surface area contributed by atoms with Crippen LogP contribution in [0.1, 0.15) is 34.0 Å². The number of aliphatic hydroxyl groups excluding tert-OH is 1. The molecular formula is C10H8F2O3. The fourth-order valence-corrected chi connectivity index (χ4v) is 1.77. The number of carboxylic acids is 1. The van der Waals surface area contributed by atoms with Crippen molar-refractivity contribution in [2.45, 2.75) is 18.4 Å². The van der Waals surface area contributed by atoms with E-state index in [-0.39, 0.29) is 16.7 Å². The fraction of sp³-hybridized carbons (Fsp3) is 0.300. The van der Waals surface area contributed by atoms with Crippen LogP contribution in [0.15, 0.2) is 18.2 Å². The first-order valence-electron chi connectivity index (χ1n) is 4.35. The highest BCUT2D eigenvalue weighted by Crippen LogP contribution is 2.47. The fourth-order valence-electron chi connectivity index (χ4n) is 1.77. The Balaban J connectivity index is 2.55. The molecule has 0 spiro atoms. The van der Waals surface area contributed by atoms with Crippen LogP contribution in [0.3, 0.4) is 0 Å². The van der Waals surface area contributed by atoms with Gasteiger partial charge in [0.2, 0.25) is 0 Å². The zero-order valence-corrected chi connectivity index (χ0v) is 7.58. The maximum atomic E-state index is 13.2. The number of carbonyl (C=O) groups is 1. The van der Waals surface area contributed by atoms with E-state index in [0.717, 1.165) is 18.2 Å². The van der Waals surface area contributed by atoms with E-state index in [0.29, 0.717) is 0 Å². The third kappa shape index (κ3) is 1.48. The molecule has 0 saturated carbocycles. The molecule has 3 nitrogen and oxygen atoms in total. The molecule has 0 aliphatic heterocycles. The first-order valence-corrected chi connectivity index (χ1v) is 4.35. The number of aliphatic hydroxyl groups is 1. The van der Waals surface area contributed by atoms with Gasteiger partial charge in [-0.2, -0.15) is 0 Å². The molecule has 0 aromatic heterocycles. The molecule has 2 N–H and O–H groups in total. The Labute approximate surface area is 84.0 Å². The summed E-state index contributed by atoms with van der Waals surface area (Å²) < 4.78 is 26.4. The van der Waals surface area contributed by atoms with E-state index in [9.17, 15) is 18.7 Å². The highest BCUT2D eigenvalue weighted by atomic mass is 19.3. The normalized spacial score (nSPS) is 22.5. The third-order valence-electron chi connectivity index (χ3n) is 2.50. The van der Waals surface area contributed by atoms with Crippen LogP contribution in [-0.2, 0) is 5.92 Å². The quantitative estimate of drug-likeness (QED) is 0.750. The molecule has 1 aliphatic rings. The zero-order valence-electron chi connectivity index (χ0n) is 7.58. The molecule has 1 aliphatic carbocycles. The monoisotopic (exact) mass is 214 g/mol. The number of fused-ring (bicyclic) bond motifs is 1. The van der Waals surface area contributed by atoms with Crippen LogP contribution < -0.4 is 0 Å². The van der Waals surface area contributed by atoms with Crippen LogP contribution in [0.4, 0.5) is 8.78 Å². The van der Waals surface area contributed by atoms with E-state index in [1.165, 1.54) is 0 Å². The van der Waals surface area contributed by atoms with Crippen molar-refractivity contribution in [3.63, 3.8) is 0 Å². The molecule has 1 aromatic rings. The number of carboxylic acid groups (broad SMARTS) is 1. The van der Waals surface area contributed by atoms with E-state index in [1.807, 2.05) is 0 Å². The second-order valence-corrected chi connectivity index (χ2v) is 3.53. The number of alkyl halides is 2. The van der Waals surface area contributed by atoms with E-state index < -0.39 is 24.4 Å². The summed E-state index contributed by atoms with van der Waals surface area (Å²) in [6.07, 6.45) is -1.96. The van der Waals surface area contributed by atoms with E-state index in [2.05, 4.69) is 0 Å². The van der Waals surface area contributed by atoms with Gasteiger partial charge in [-0.05, 0) is 17.7 Å². The molecular weight excluding hydrogens is 206 g/mol. The summed E-state index contributed by atoms with van der Waals surface area (Å²) in [5.41, 5.74) is -0.356. The molecule has 2 rings (SSSR count). The summed E-state index contributed by atoms with van der Waals surface area (Å²) >= 11 is 0. The summed E-state index contributed by atoms with van der Waals surface area (Å²) in [5, 5.41) is 18.0. The SMILES string of the molecule is O=C(O)c1ccc2c(c1)C(O)CC2(F)F. The second-order valence-electron chi connectivity index (χ2n) is 3.53. The van der Waals surface area contributed by atoms with Crippen molar-refractivity contribution in [2.24, 2.45) is 0 Å². The largest absolute Gasteiger partial charge is 0.478 e. The Bertz CT molecular complexity index is 429. The second kappa shape index (κ2) is 3.00. The maximum Gasteiger partial charge on any atom is 0.335 e. The van der Waals surface area contributed by atoms with Crippen molar-refractivity contribution in [2.75, 3.05) is 0 Å². The van der Waals surface area contributed by atoms with Crippen molar-refractivity contribution in [1.29, 1.82) is 0 Å². The van der Waals surface area contributed by atoms with Crippen molar-refractivity contribution < 1.29 is 23.8 Å². The number of rotatable bonds is 1. The standard InChI is InChI=1S/C10H8F2O3/c11-10(12)4-8(13)6-3-5(9(14)15)1-2-7(6)10/h1-3,8,13H,4H2,(H,14,15). The summed E-state index contributed by atoms with van der Waals surface area (Å²) in [6, 6.07) is 3.28. The average molecular weight is 214 g/mol. The predicted octanol–water partition coefficient (Wildman–Crippen LogP) is 1.91. The van der Waals surface area contributed by atoms with Gasteiger partial charge >= 0.3 is 5.97 Å². The molecule has 0 radical (unpaired) electrons. The Hall–Kier alpha value is -1.49. The molecule has 15 heavy (non-hydrogen) atoms. The van der Waals surface area contributed by atoms with Crippen LogP contribution in [0.25, 0.3) is 0 Å². The Morgan fingerprint density at radius 3 is 2.73 bits per heavy atom. The van der Waals surface area contributed by atoms with Crippen LogP contribution >= 0.6 is 0 Å². The van der Waals surface area contributed by atoms with Crippen molar-refractivity contribution >= 4 is 5.97 Å². The Morgan fingerprint density at radius 2 is 2.13 bits per heavy atom. The summed E-state index contributed by atoms with van der Waals surface area (Å²) in [7, 11) is 0. The number of benzene rings is 1. The molecule has 5 heteroatoms. The predicted molar refractivity (Wildman–Crippen MR) is 46.9 cm³/mol. The minimum Gasteiger partial charge on any atom is -0.478 e. The van der Waals surface area contributed by atoms with Gasteiger partial charge in [0, 0.05) is 12.0 Å². The van der Waals surface area contributed by atoms with Crippen molar-refractivity contribution in [3.8, 4) is 0 Å². The molecule has 80 valence electrons. The summed E-state index contributed by atoms with van der Waals surface area (Å²) in [5.74, 6) is -4.26.